The van der Waals surface area contributed by atoms with E-state index in [1.54, 1.807) is 18.2 Å². The van der Waals surface area contributed by atoms with Gasteiger partial charge in [0, 0.05) is 0 Å². The summed E-state index contributed by atoms with van der Waals surface area (Å²) in [5, 5.41) is 3.28. The van der Waals surface area contributed by atoms with Crippen LogP contribution in [0.3, 0.4) is 0 Å². The van der Waals surface area contributed by atoms with E-state index in [-0.39, 0.29) is 16.9 Å². The van der Waals surface area contributed by atoms with Crippen molar-refractivity contribution in [2.75, 3.05) is 7.11 Å². The molecule has 8 heteroatoms. The van der Waals surface area contributed by atoms with Crippen LogP contribution in [0.5, 0.6) is 17.4 Å². The molecule has 0 spiro atoms. The van der Waals surface area contributed by atoms with Gasteiger partial charge in [-0.05, 0) is 35.4 Å². The molecule has 6 nitrogen and oxygen atoms in total. The average Bonchev–Trinajstić information content (AvgIpc) is 2.44. The monoisotopic (exact) mass is 296 g/mol. The number of nitrogens with two attached hydrogens (primary N) is 1. The number of methoxy groups -OCH3 is 1. The van der Waals surface area contributed by atoms with Crippen LogP contribution >= 0.6 is 11.6 Å². The Morgan fingerprint density at radius 1 is 1.40 bits per heavy atom. The molecule has 0 saturated carbocycles. The van der Waals surface area contributed by atoms with Crippen molar-refractivity contribution in [2.45, 2.75) is 0 Å². The summed E-state index contributed by atoms with van der Waals surface area (Å²) in [6.45, 7) is 0. The molecule has 0 radical (unpaired) electrons. The van der Waals surface area contributed by atoms with E-state index in [2.05, 4.69) is 15.1 Å². The zero-order valence-corrected chi connectivity index (χ0v) is 11.1. The molecule has 2 N–H and O–H groups in total. The molecule has 20 heavy (non-hydrogen) atoms. The number of hydrogen-bond donors (Lipinski definition) is 1. The number of nitrogens with zero attached hydrogens (tertiary/aromatic N) is 3. The third-order valence-corrected chi connectivity index (χ3v) is 2.48. The molecule has 0 aliphatic carbocycles. The molecule has 0 unspecified atom stereocenters. The Balaban J connectivity index is 2.35. The summed E-state index contributed by atoms with van der Waals surface area (Å²) < 4.78 is 24.0. The lowest BCUT2D eigenvalue weighted by molar-refractivity contribution is 0.363. The molecule has 1 aromatic carbocycles. The lowest BCUT2D eigenvalue weighted by Crippen LogP contribution is -1.97. The Kier molecular flexibility index (Phi) is 4.31. The molecule has 0 amide bonds. The maximum Gasteiger partial charge on any atom is 0.260 e. The van der Waals surface area contributed by atoms with Gasteiger partial charge in [0.05, 0.1) is 19.5 Å². The van der Waals surface area contributed by atoms with E-state index in [4.69, 9.17) is 26.9 Å². The standard InChI is InChI=1S/C12H10ClFN4O2/c1-19-10-4-7(5-17-15)2-3-9(10)20-11-8(14)6-16-12(13)18-11/h2-6H,15H2,1H3. The van der Waals surface area contributed by atoms with Gasteiger partial charge in [-0.15, -0.1) is 0 Å². The molecular weight excluding hydrogens is 287 g/mol. The van der Waals surface area contributed by atoms with Crippen LogP contribution in [0, 0.1) is 5.82 Å². The van der Waals surface area contributed by atoms with E-state index < -0.39 is 5.82 Å². The minimum absolute atomic E-state index is 0.118. The molecule has 1 heterocycles. The molecule has 0 saturated heterocycles. The predicted octanol–water partition coefficient (Wildman–Crippen LogP) is 2.36. The highest BCUT2D eigenvalue weighted by Gasteiger charge is 2.12. The van der Waals surface area contributed by atoms with Crippen molar-refractivity contribution in [3.8, 4) is 17.4 Å². The van der Waals surface area contributed by atoms with Crippen molar-refractivity contribution in [2.24, 2.45) is 10.9 Å². The highest BCUT2D eigenvalue weighted by atomic mass is 35.5. The topological polar surface area (TPSA) is 82.6 Å². The van der Waals surface area contributed by atoms with Gasteiger partial charge in [-0.2, -0.15) is 14.5 Å². The second kappa shape index (κ2) is 6.16. The van der Waals surface area contributed by atoms with E-state index >= 15 is 0 Å². The van der Waals surface area contributed by atoms with Crippen LogP contribution in [0.1, 0.15) is 5.56 Å². The summed E-state index contributed by atoms with van der Waals surface area (Å²) in [7, 11) is 1.45. The van der Waals surface area contributed by atoms with Gasteiger partial charge in [-0.3, -0.25) is 0 Å². The Hall–Kier alpha value is -2.41. The fourth-order valence-electron chi connectivity index (χ4n) is 1.44. The number of rotatable bonds is 4. The first-order chi connectivity index (χ1) is 9.63. The first kappa shape index (κ1) is 14.0. The van der Waals surface area contributed by atoms with Crippen LogP contribution in [0.2, 0.25) is 5.28 Å². The third kappa shape index (κ3) is 3.12. The Morgan fingerprint density at radius 2 is 2.20 bits per heavy atom. The van der Waals surface area contributed by atoms with Gasteiger partial charge < -0.3 is 15.3 Å². The highest BCUT2D eigenvalue weighted by Crippen LogP contribution is 2.32. The molecule has 2 rings (SSSR count). The smallest absolute Gasteiger partial charge is 0.260 e. The molecule has 2 aromatic rings. The largest absolute Gasteiger partial charge is 0.493 e. The Labute approximate surface area is 119 Å². The summed E-state index contributed by atoms with van der Waals surface area (Å²) in [5.41, 5.74) is 0.706. The van der Waals surface area contributed by atoms with Gasteiger partial charge >= 0.3 is 0 Å². The zero-order chi connectivity index (χ0) is 14.5. The minimum Gasteiger partial charge on any atom is -0.493 e. The van der Waals surface area contributed by atoms with Gasteiger partial charge in [0.1, 0.15) is 0 Å². The molecule has 0 fully saturated rings. The van der Waals surface area contributed by atoms with Crippen LogP contribution in [-0.2, 0) is 0 Å². The lowest BCUT2D eigenvalue weighted by atomic mass is 10.2. The summed E-state index contributed by atoms with van der Waals surface area (Å²) in [6.07, 6.45) is 2.36. The van der Waals surface area contributed by atoms with Crippen LogP contribution in [0.15, 0.2) is 29.5 Å². The van der Waals surface area contributed by atoms with E-state index in [0.717, 1.165) is 6.20 Å². The van der Waals surface area contributed by atoms with Crippen molar-refractivity contribution in [1.82, 2.24) is 9.97 Å². The second-order valence-electron chi connectivity index (χ2n) is 3.58. The van der Waals surface area contributed by atoms with Crippen LogP contribution in [0.4, 0.5) is 4.39 Å². The Bertz CT molecular complexity index is 651. The summed E-state index contributed by atoms with van der Waals surface area (Å²) in [5.74, 6) is 4.69. The molecule has 0 aliphatic heterocycles. The summed E-state index contributed by atoms with van der Waals surface area (Å²) in [4.78, 5) is 7.16. The maximum atomic E-state index is 13.5. The Morgan fingerprint density at radius 3 is 2.90 bits per heavy atom. The number of ether oxygens (including phenoxy) is 2. The number of hydrazone groups is 1. The van der Waals surface area contributed by atoms with Crippen molar-refractivity contribution >= 4 is 17.8 Å². The second-order valence-corrected chi connectivity index (χ2v) is 3.92. The van der Waals surface area contributed by atoms with Gasteiger partial charge in [0.15, 0.2) is 11.5 Å². The quantitative estimate of drug-likeness (QED) is 0.405. The van der Waals surface area contributed by atoms with Crippen molar-refractivity contribution in [3.63, 3.8) is 0 Å². The third-order valence-electron chi connectivity index (χ3n) is 2.30. The van der Waals surface area contributed by atoms with E-state index in [0.29, 0.717) is 11.3 Å². The van der Waals surface area contributed by atoms with Crippen molar-refractivity contribution in [3.05, 3.63) is 41.1 Å². The highest BCUT2D eigenvalue weighted by molar-refractivity contribution is 6.28. The first-order valence-electron chi connectivity index (χ1n) is 5.41. The molecule has 0 aliphatic rings. The maximum absolute atomic E-state index is 13.5. The van der Waals surface area contributed by atoms with Gasteiger partial charge in [0.25, 0.3) is 5.88 Å². The van der Waals surface area contributed by atoms with Gasteiger partial charge in [-0.25, -0.2) is 4.98 Å². The zero-order valence-electron chi connectivity index (χ0n) is 10.4. The van der Waals surface area contributed by atoms with E-state index in [1.165, 1.54) is 13.3 Å². The van der Waals surface area contributed by atoms with Gasteiger partial charge in [-0.1, -0.05) is 0 Å². The number of hydrogen-bond acceptors (Lipinski definition) is 6. The normalized spacial score (nSPS) is 10.8. The average molecular weight is 297 g/mol. The predicted molar refractivity (Wildman–Crippen MR) is 71.8 cm³/mol. The van der Waals surface area contributed by atoms with Gasteiger partial charge in [0.2, 0.25) is 11.1 Å². The molecule has 1 aromatic heterocycles. The van der Waals surface area contributed by atoms with E-state index in [1.807, 2.05) is 0 Å². The molecule has 0 bridgehead atoms. The first-order valence-corrected chi connectivity index (χ1v) is 5.79. The lowest BCUT2D eigenvalue weighted by Gasteiger charge is -2.10. The van der Waals surface area contributed by atoms with Crippen molar-refractivity contribution in [1.29, 1.82) is 0 Å². The SMILES string of the molecule is COc1cc(C=NN)ccc1Oc1nc(Cl)ncc1F. The molecular formula is C12H10ClFN4O2. The number of aromatic nitrogens is 2. The van der Waals surface area contributed by atoms with Crippen molar-refractivity contribution < 1.29 is 13.9 Å². The fourth-order valence-corrected chi connectivity index (χ4v) is 1.57. The number of halogens is 2. The molecule has 104 valence electrons. The minimum atomic E-state index is -0.732. The molecule has 0 atom stereocenters. The summed E-state index contributed by atoms with van der Waals surface area (Å²) in [6, 6.07) is 4.88. The van der Waals surface area contributed by atoms with Crippen LogP contribution < -0.4 is 15.3 Å². The summed E-state index contributed by atoms with van der Waals surface area (Å²) >= 11 is 5.59. The van der Waals surface area contributed by atoms with E-state index in [9.17, 15) is 4.39 Å². The fraction of sp³-hybridized carbons (Fsp3) is 0.0833. The van der Waals surface area contributed by atoms with Crippen LogP contribution in [0.25, 0.3) is 0 Å². The van der Waals surface area contributed by atoms with Crippen LogP contribution in [-0.4, -0.2) is 23.3 Å². The number of benzene rings is 1.